The molecule has 0 heterocycles. The van der Waals surface area contributed by atoms with Crippen molar-refractivity contribution in [2.45, 2.75) is 17.9 Å². The minimum absolute atomic E-state index is 0.0819. The van der Waals surface area contributed by atoms with E-state index < -0.39 is 0 Å². The Bertz CT molecular complexity index is 384. The fourth-order valence-electron chi connectivity index (χ4n) is 1.18. The second-order valence-corrected chi connectivity index (χ2v) is 3.77. The molecular weight excluding hydrogens is 208 g/mol. The first kappa shape index (κ1) is 11.6. The molecule has 0 unspecified atom stereocenters. The minimum Gasteiger partial charge on any atom is -0.351 e. The van der Waals surface area contributed by atoms with Crippen molar-refractivity contribution in [1.29, 1.82) is 5.26 Å². The molecule has 0 bridgehead atoms. The topological polar surface area (TPSA) is 52.9 Å². The SMILES string of the molecule is CSc1ccccc1CNC(=O)CC#N. The molecule has 0 aliphatic rings. The molecule has 15 heavy (non-hydrogen) atoms. The molecule has 1 aromatic rings. The summed E-state index contributed by atoms with van der Waals surface area (Å²) >= 11 is 1.64. The number of amides is 1. The molecule has 0 aromatic heterocycles. The summed E-state index contributed by atoms with van der Waals surface area (Å²) < 4.78 is 0. The molecule has 0 saturated carbocycles. The fourth-order valence-corrected chi connectivity index (χ4v) is 1.79. The molecule has 1 N–H and O–H groups in total. The van der Waals surface area contributed by atoms with Crippen molar-refractivity contribution in [2.75, 3.05) is 6.26 Å². The molecule has 3 nitrogen and oxygen atoms in total. The maximum atomic E-state index is 11.1. The van der Waals surface area contributed by atoms with E-state index in [4.69, 9.17) is 5.26 Å². The standard InChI is InChI=1S/C11H12N2OS/c1-15-10-5-3-2-4-9(10)8-13-11(14)6-7-12/h2-5H,6,8H2,1H3,(H,13,14). The summed E-state index contributed by atoms with van der Waals surface area (Å²) in [6.07, 6.45) is 1.91. The Morgan fingerprint density at radius 3 is 2.93 bits per heavy atom. The Hall–Kier alpha value is -1.47. The molecule has 0 fully saturated rings. The van der Waals surface area contributed by atoms with Crippen LogP contribution in [-0.4, -0.2) is 12.2 Å². The number of nitriles is 1. The van der Waals surface area contributed by atoms with Crippen LogP contribution in [0.1, 0.15) is 12.0 Å². The summed E-state index contributed by atoms with van der Waals surface area (Å²) in [5.41, 5.74) is 1.08. The van der Waals surface area contributed by atoms with Crippen LogP contribution in [0.4, 0.5) is 0 Å². The van der Waals surface area contributed by atoms with Crippen molar-refractivity contribution in [3.8, 4) is 6.07 Å². The van der Waals surface area contributed by atoms with Gasteiger partial charge in [0.1, 0.15) is 6.42 Å². The number of hydrogen-bond donors (Lipinski definition) is 1. The predicted molar refractivity (Wildman–Crippen MR) is 60.3 cm³/mol. The molecule has 4 heteroatoms. The van der Waals surface area contributed by atoms with Crippen LogP contribution in [0.5, 0.6) is 0 Å². The molecule has 0 aliphatic carbocycles. The van der Waals surface area contributed by atoms with Crippen LogP contribution in [0.3, 0.4) is 0 Å². The highest BCUT2D eigenvalue weighted by Crippen LogP contribution is 2.19. The van der Waals surface area contributed by atoms with Crippen LogP contribution in [0.25, 0.3) is 0 Å². The van der Waals surface area contributed by atoms with Crippen molar-refractivity contribution in [3.05, 3.63) is 29.8 Å². The lowest BCUT2D eigenvalue weighted by Crippen LogP contribution is -2.22. The van der Waals surface area contributed by atoms with E-state index in [1.807, 2.05) is 36.6 Å². The van der Waals surface area contributed by atoms with Gasteiger partial charge in [-0.1, -0.05) is 18.2 Å². The number of nitrogens with one attached hydrogen (secondary N) is 1. The first-order chi connectivity index (χ1) is 7.27. The molecule has 0 aliphatic heterocycles. The van der Waals surface area contributed by atoms with E-state index in [2.05, 4.69) is 5.32 Å². The van der Waals surface area contributed by atoms with Crippen molar-refractivity contribution in [3.63, 3.8) is 0 Å². The Morgan fingerprint density at radius 2 is 2.27 bits per heavy atom. The van der Waals surface area contributed by atoms with Gasteiger partial charge in [-0.05, 0) is 17.9 Å². The van der Waals surface area contributed by atoms with Crippen molar-refractivity contribution < 1.29 is 4.79 Å². The normalized spacial score (nSPS) is 9.33. The average Bonchev–Trinajstić information content (AvgIpc) is 2.27. The molecule has 0 saturated heterocycles. The lowest BCUT2D eigenvalue weighted by atomic mass is 10.2. The van der Waals surface area contributed by atoms with Gasteiger partial charge in [0.05, 0.1) is 6.07 Å². The molecule has 78 valence electrons. The van der Waals surface area contributed by atoms with E-state index in [0.717, 1.165) is 10.5 Å². The Morgan fingerprint density at radius 1 is 1.53 bits per heavy atom. The van der Waals surface area contributed by atoms with Crippen LogP contribution in [-0.2, 0) is 11.3 Å². The van der Waals surface area contributed by atoms with E-state index in [1.54, 1.807) is 11.8 Å². The summed E-state index contributed by atoms with van der Waals surface area (Å²) in [5, 5.41) is 11.0. The molecule has 0 atom stereocenters. The molecule has 0 radical (unpaired) electrons. The van der Waals surface area contributed by atoms with Crippen LogP contribution in [0.15, 0.2) is 29.2 Å². The van der Waals surface area contributed by atoms with E-state index in [-0.39, 0.29) is 12.3 Å². The molecule has 0 spiro atoms. The van der Waals surface area contributed by atoms with E-state index >= 15 is 0 Å². The zero-order valence-corrected chi connectivity index (χ0v) is 9.30. The molecule has 1 amide bonds. The summed E-state index contributed by atoms with van der Waals surface area (Å²) in [6.45, 7) is 0.484. The fraction of sp³-hybridized carbons (Fsp3) is 0.273. The highest BCUT2D eigenvalue weighted by Gasteiger charge is 2.02. The molecular formula is C11H12N2OS. The summed E-state index contributed by atoms with van der Waals surface area (Å²) in [6, 6.07) is 9.70. The van der Waals surface area contributed by atoms with Crippen LogP contribution in [0, 0.1) is 11.3 Å². The van der Waals surface area contributed by atoms with Gasteiger partial charge in [-0.2, -0.15) is 5.26 Å². The number of carbonyl (C=O) groups is 1. The minimum atomic E-state index is -0.228. The van der Waals surface area contributed by atoms with Gasteiger partial charge in [0.2, 0.25) is 5.91 Å². The van der Waals surface area contributed by atoms with Gasteiger partial charge in [0.25, 0.3) is 0 Å². The zero-order chi connectivity index (χ0) is 11.1. The van der Waals surface area contributed by atoms with Crippen LogP contribution >= 0.6 is 11.8 Å². The first-order valence-corrected chi connectivity index (χ1v) is 5.76. The smallest absolute Gasteiger partial charge is 0.234 e. The van der Waals surface area contributed by atoms with Gasteiger partial charge in [-0.3, -0.25) is 4.79 Å². The zero-order valence-electron chi connectivity index (χ0n) is 8.49. The number of thioether (sulfide) groups is 1. The molecule has 1 rings (SSSR count). The highest BCUT2D eigenvalue weighted by atomic mass is 32.2. The number of rotatable bonds is 4. The van der Waals surface area contributed by atoms with E-state index in [0.29, 0.717) is 6.54 Å². The van der Waals surface area contributed by atoms with Gasteiger partial charge >= 0.3 is 0 Å². The number of hydrogen-bond acceptors (Lipinski definition) is 3. The van der Waals surface area contributed by atoms with E-state index in [1.165, 1.54) is 0 Å². The number of nitrogens with zero attached hydrogens (tertiary/aromatic N) is 1. The van der Waals surface area contributed by atoms with Gasteiger partial charge in [-0.15, -0.1) is 11.8 Å². The van der Waals surface area contributed by atoms with Crippen LogP contribution < -0.4 is 5.32 Å². The summed E-state index contributed by atoms with van der Waals surface area (Å²) in [7, 11) is 0. The Balaban J connectivity index is 2.57. The monoisotopic (exact) mass is 220 g/mol. The Kier molecular flexibility index (Phi) is 4.72. The van der Waals surface area contributed by atoms with Gasteiger partial charge in [0, 0.05) is 11.4 Å². The third-order valence-electron chi connectivity index (χ3n) is 1.91. The molecule has 1 aromatic carbocycles. The maximum Gasteiger partial charge on any atom is 0.234 e. The third-order valence-corrected chi connectivity index (χ3v) is 2.75. The van der Waals surface area contributed by atoms with Crippen molar-refractivity contribution >= 4 is 17.7 Å². The van der Waals surface area contributed by atoms with Crippen LogP contribution in [0.2, 0.25) is 0 Å². The average molecular weight is 220 g/mol. The lowest BCUT2D eigenvalue weighted by molar-refractivity contribution is -0.120. The third kappa shape index (κ3) is 3.64. The van der Waals surface area contributed by atoms with Crippen molar-refractivity contribution in [1.82, 2.24) is 5.32 Å². The van der Waals surface area contributed by atoms with Crippen molar-refractivity contribution in [2.24, 2.45) is 0 Å². The van der Waals surface area contributed by atoms with Gasteiger partial charge in [0.15, 0.2) is 0 Å². The van der Waals surface area contributed by atoms with Gasteiger partial charge < -0.3 is 5.32 Å². The largest absolute Gasteiger partial charge is 0.351 e. The second kappa shape index (κ2) is 6.10. The summed E-state index contributed by atoms with van der Waals surface area (Å²) in [5.74, 6) is -0.228. The van der Waals surface area contributed by atoms with E-state index in [9.17, 15) is 4.79 Å². The first-order valence-electron chi connectivity index (χ1n) is 4.53. The highest BCUT2D eigenvalue weighted by molar-refractivity contribution is 7.98. The Labute approximate surface area is 93.5 Å². The number of carbonyl (C=O) groups excluding carboxylic acids is 1. The maximum absolute atomic E-state index is 11.1. The lowest BCUT2D eigenvalue weighted by Gasteiger charge is -2.07. The quantitative estimate of drug-likeness (QED) is 0.789. The number of benzene rings is 1. The predicted octanol–water partition coefficient (Wildman–Crippen LogP) is 1.94. The summed E-state index contributed by atoms with van der Waals surface area (Å²) in [4.78, 5) is 12.2. The second-order valence-electron chi connectivity index (χ2n) is 2.92. The van der Waals surface area contributed by atoms with Gasteiger partial charge in [-0.25, -0.2) is 0 Å².